The molecule has 2 saturated heterocycles. The Kier molecular flexibility index (Phi) is 5.01. The van der Waals surface area contributed by atoms with E-state index in [1.165, 1.54) is 54.0 Å². The highest BCUT2D eigenvalue weighted by molar-refractivity contribution is 7.89. The number of halogens is 1. The summed E-state index contributed by atoms with van der Waals surface area (Å²) in [6, 6.07) is 7.86. The van der Waals surface area contributed by atoms with Crippen molar-refractivity contribution in [1.29, 1.82) is 0 Å². The van der Waals surface area contributed by atoms with Gasteiger partial charge in [0.1, 0.15) is 22.0 Å². The average Bonchev–Trinajstić information content (AvgIpc) is 2.97. The lowest BCUT2D eigenvalue weighted by Crippen LogP contribution is -2.65. The molecule has 10 heteroatoms. The van der Waals surface area contributed by atoms with Crippen LogP contribution in [-0.2, 0) is 19.6 Å². The van der Waals surface area contributed by atoms with E-state index in [-0.39, 0.29) is 23.4 Å². The molecular formula is C19H20FN3O5S. The van der Waals surface area contributed by atoms with Crippen molar-refractivity contribution in [2.24, 2.45) is 0 Å². The minimum absolute atomic E-state index is 0.0361. The van der Waals surface area contributed by atoms with Crippen LogP contribution in [0.5, 0.6) is 11.6 Å². The summed E-state index contributed by atoms with van der Waals surface area (Å²) in [4.78, 5) is 16.5. The summed E-state index contributed by atoms with van der Waals surface area (Å²) in [7, 11) is -2.72. The molecule has 2 atom stereocenters. The molecule has 0 radical (unpaired) electrons. The Labute approximate surface area is 167 Å². The first-order chi connectivity index (χ1) is 13.9. The quantitative estimate of drug-likeness (QED) is 0.734. The van der Waals surface area contributed by atoms with Crippen LogP contribution in [0.1, 0.15) is 12.8 Å². The van der Waals surface area contributed by atoms with Crippen LogP contribution >= 0.6 is 0 Å². The summed E-state index contributed by atoms with van der Waals surface area (Å²) in [5.41, 5.74) is -1.25. The summed E-state index contributed by atoms with van der Waals surface area (Å²) in [6.07, 6.45) is 2.16. The van der Waals surface area contributed by atoms with E-state index in [1.54, 1.807) is 0 Å². The molecule has 2 aromatic rings. The number of piperazine rings is 1. The fourth-order valence-electron chi connectivity index (χ4n) is 3.98. The molecule has 2 unspecified atom stereocenters. The molecule has 2 bridgehead atoms. The number of methoxy groups -OCH3 is 1. The summed E-state index contributed by atoms with van der Waals surface area (Å²) < 4.78 is 51.4. The number of sulfonamides is 1. The highest BCUT2D eigenvalue weighted by Crippen LogP contribution is 2.41. The average molecular weight is 421 g/mol. The lowest BCUT2D eigenvalue weighted by atomic mass is 9.98. The van der Waals surface area contributed by atoms with Gasteiger partial charge in [0.25, 0.3) is 0 Å². The van der Waals surface area contributed by atoms with Crippen LogP contribution in [0.25, 0.3) is 0 Å². The Morgan fingerprint density at radius 1 is 1.28 bits per heavy atom. The van der Waals surface area contributed by atoms with Gasteiger partial charge in [0.15, 0.2) is 0 Å². The van der Waals surface area contributed by atoms with Crippen LogP contribution in [0.2, 0.25) is 0 Å². The number of pyridine rings is 1. The number of carbonyl (C=O) groups excluding carboxylic acids is 1. The first-order valence-electron chi connectivity index (χ1n) is 9.10. The van der Waals surface area contributed by atoms with Gasteiger partial charge in [-0.2, -0.15) is 4.31 Å². The number of nitrogens with zero attached hydrogens (tertiary/aromatic N) is 2. The van der Waals surface area contributed by atoms with E-state index < -0.39 is 27.3 Å². The van der Waals surface area contributed by atoms with Crippen LogP contribution in [0, 0.1) is 5.82 Å². The molecule has 0 saturated carbocycles. The first-order valence-corrected chi connectivity index (χ1v) is 10.5. The molecule has 0 amide bonds. The van der Waals surface area contributed by atoms with E-state index in [4.69, 9.17) is 9.47 Å². The normalized spacial score (nSPS) is 24.3. The smallest absolute Gasteiger partial charge is 0.328 e. The van der Waals surface area contributed by atoms with Gasteiger partial charge in [0.2, 0.25) is 15.9 Å². The van der Waals surface area contributed by atoms with Gasteiger partial charge in [-0.25, -0.2) is 22.6 Å². The van der Waals surface area contributed by atoms with Crippen LogP contribution in [0.4, 0.5) is 4.39 Å². The zero-order valence-corrected chi connectivity index (χ0v) is 16.5. The Bertz CT molecular complexity index is 1010. The van der Waals surface area contributed by atoms with E-state index in [0.29, 0.717) is 25.1 Å². The van der Waals surface area contributed by atoms with Gasteiger partial charge >= 0.3 is 5.97 Å². The fraction of sp³-hybridized carbons (Fsp3) is 0.368. The minimum atomic E-state index is -3.98. The number of fused-ring (bicyclic) bond motifs is 2. The van der Waals surface area contributed by atoms with Crippen LogP contribution in [0.3, 0.4) is 0 Å². The maximum Gasteiger partial charge on any atom is 0.328 e. The topological polar surface area (TPSA) is 97.8 Å². The van der Waals surface area contributed by atoms with Crippen molar-refractivity contribution in [3.63, 3.8) is 0 Å². The number of esters is 1. The molecule has 29 heavy (non-hydrogen) atoms. The molecule has 0 aliphatic carbocycles. The zero-order valence-electron chi connectivity index (χ0n) is 15.7. The van der Waals surface area contributed by atoms with Crippen molar-refractivity contribution >= 4 is 16.0 Å². The first kappa shape index (κ1) is 19.7. The highest BCUT2D eigenvalue weighted by atomic mass is 32.2. The molecule has 154 valence electrons. The number of rotatable bonds is 5. The molecule has 2 aliphatic heterocycles. The molecule has 0 spiro atoms. The third kappa shape index (κ3) is 3.37. The second-order valence-corrected chi connectivity index (χ2v) is 8.85. The van der Waals surface area contributed by atoms with Crippen molar-refractivity contribution < 1.29 is 27.1 Å². The van der Waals surface area contributed by atoms with Gasteiger partial charge in [-0.3, -0.25) is 0 Å². The summed E-state index contributed by atoms with van der Waals surface area (Å²) >= 11 is 0. The van der Waals surface area contributed by atoms with Crippen LogP contribution < -0.4 is 10.1 Å². The lowest BCUT2D eigenvalue weighted by molar-refractivity contribution is -0.152. The van der Waals surface area contributed by atoms with Crippen molar-refractivity contribution in [2.75, 3.05) is 20.2 Å². The van der Waals surface area contributed by atoms with Gasteiger partial charge in [0, 0.05) is 25.2 Å². The van der Waals surface area contributed by atoms with Gasteiger partial charge < -0.3 is 14.8 Å². The molecule has 2 fully saturated rings. The highest BCUT2D eigenvalue weighted by Gasteiger charge is 2.59. The predicted molar refractivity (Wildman–Crippen MR) is 100 cm³/mol. The Balaban J connectivity index is 1.61. The molecule has 8 nitrogen and oxygen atoms in total. The van der Waals surface area contributed by atoms with Gasteiger partial charge in [-0.05, 0) is 43.2 Å². The molecule has 2 aliphatic rings. The standard InChI is InChI=1S/C19H20FN3O5S/c1-27-18(24)19-9-8-14(10-21-12-19)23(19)29(25,26)16-6-7-17(22-11-16)28-15-4-2-13(20)3-5-15/h2-7,11,14,21H,8-10,12H2,1H3. The molecule has 4 rings (SSSR count). The largest absolute Gasteiger partial charge is 0.468 e. The second-order valence-electron chi connectivity index (χ2n) is 7.04. The van der Waals surface area contributed by atoms with Gasteiger partial charge in [-0.1, -0.05) is 0 Å². The van der Waals surface area contributed by atoms with Crippen LogP contribution in [-0.4, -0.2) is 55.5 Å². The Morgan fingerprint density at radius 3 is 2.69 bits per heavy atom. The third-order valence-corrected chi connectivity index (χ3v) is 7.31. The maximum absolute atomic E-state index is 13.3. The number of nitrogens with one attached hydrogen (secondary N) is 1. The molecule has 1 aromatic carbocycles. The predicted octanol–water partition coefficient (Wildman–Crippen LogP) is 1.68. The van der Waals surface area contributed by atoms with Crippen LogP contribution in [0.15, 0.2) is 47.5 Å². The van der Waals surface area contributed by atoms with Crippen molar-refractivity contribution in [3.8, 4) is 11.6 Å². The second kappa shape index (κ2) is 7.36. The van der Waals surface area contributed by atoms with Crippen molar-refractivity contribution in [2.45, 2.75) is 29.3 Å². The molecule has 3 heterocycles. The third-order valence-electron chi connectivity index (χ3n) is 5.31. The Morgan fingerprint density at radius 2 is 2.03 bits per heavy atom. The van der Waals surface area contributed by atoms with Crippen molar-refractivity contribution in [1.82, 2.24) is 14.6 Å². The van der Waals surface area contributed by atoms with Crippen molar-refractivity contribution in [3.05, 3.63) is 48.4 Å². The fourth-order valence-corrected chi connectivity index (χ4v) is 5.89. The Hall–Kier alpha value is -2.56. The molecular weight excluding hydrogens is 401 g/mol. The summed E-state index contributed by atoms with van der Waals surface area (Å²) in [5, 5.41) is 3.13. The molecule has 1 aromatic heterocycles. The number of carbonyl (C=O) groups is 1. The number of hydrogen-bond donors (Lipinski definition) is 1. The molecule has 1 N–H and O–H groups in total. The monoisotopic (exact) mass is 421 g/mol. The SMILES string of the molecule is COC(=O)C12CCC(CNC1)N2S(=O)(=O)c1ccc(Oc2ccc(F)cc2)nc1. The number of aromatic nitrogens is 1. The zero-order chi connectivity index (χ0) is 20.6. The van der Waals surface area contributed by atoms with Gasteiger partial charge in [-0.15, -0.1) is 0 Å². The lowest BCUT2D eigenvalue weighted by Gasteiger charge is -2.41. The van der Waals surface area contributed by atoms with E-state index in [0.717, 1.165) is 0 Å². The minimum Gasteiger partial charge on any atom is -0.468 e. The van der Waals surface area contributed by atoms with E-state index in [1.807, 2.05) is 0 Å². The van der Waals surface area contributed by atoms with E-state index in [9.17, 15) is 17.6 Å². The maximum atomic E-state index is 13.3. The summed E-state index contributed by atoms with van der Waals surface area (Å²) in [5.74, 6) is -0.419. The van der Waals surface area contributed by atoms with E-state index in [2.05, 4.69) is 10.3 Å². The van der Waals surface area contributed by atoms with E-state index >= 15 is 0 Å². The number of ether oxygens (including phenoxy) is 2. The summed E-state index contributed by atoms with van der Waals surface area (Å²) in [6.45, 7) is 0.672. The number of benzene rings is 1. The van der Waals surface area contributed by atoms with Gasteiger partial charge in [0.05, 0.1) is 13.3 Å². The number of hydrogen-bond acceptors (Lipinski definition) is 7.